The van der Waals surface area contributed by atoms with E-state index in [1.165, 1.54) is 6.20 Å². The van der Waals surface area contributed by atoms with Gasteiger partial charge in [0.25, 0.3) is 5.91 Å². The summed E-state index contributed by atoms with van der Waals surface area (Å²) in [7, 11) is 1.57. The van der Waals surface area contributed by atoms with Crippen LogP contribution in [0, 0.1) is 0 Å². The molecule has 10 heteroatoms. The molecule has 0 bridgehead atoms. The van der Waals surface area contributed by atoms with Gasteiger partial charge in [-0.2, -0.15) is 10.2 Å². The highest BCUT2D eigenvalue weighted by Crippen LogP contribution is 2.36. The van der Waals surface area contributed by atoms with E-state index in [-0.39, 0.29) is 5.91 Å². The van der Waals surface area contributed by atoms with Crippen LogP contribution in [0.3, 0.4) is 0 Å². The number of rotatable bonds is 8. The Kier molecular flexibility index (Phi) is 6.15. The number of benzene rings is 1. The van der Waals surface area contributed by atoms with Gasteiger partial charge in [-0.1, -0.05) is 11.6 Å². The lowest BCUT2D eigenvalue weighted by molar-refractivity contribution is 0.102. The van der Waals surface area contributed by atoms with Crippen LogP contribution in [0.15, 0.2) is 49.1 Å². The quantitative estimate of drug-likeness (QED) is 0.421. The second-order valence-corrected chi connectivity index (χ2v) is 7.03. The molecule has 3 aromatic heterocycles. The van der Waals surface area contributed by atoms with E-state index in [1.54, 1.807) is 59.2 Å². The first kappa shape index (κ1) is 20.8. The van der Waals surface area contributed by atoms with E-state index in [1.807, 2.05) is 6.92 Å². The number of carbonyl (C=O) groups excluding carboxylic acids is 1. The van der Waals surface area contributed by atoms with Gasteiger partial charge in [0.05, 0.1) is 32.1 Å². The molecule has 0 unspecified atom stereocenters. The maximum atomic E-state index is 13.0. The fraction of sp³-hybridized carbons (Fsp3) is 0.238. The van der Waals surface area contributed by atoms with Crippen molar-refractivity contribution >= 4 is 28.8 Å². The number of methoxy groups -OCH3 is 1. The summed E-state index contributed by atoms with van der Waals surface area (Å²) in [4.78, 5) is 17.3. The van der Waals surface area contributed by atoms with Crippen LogP contribution in [-0.2, 0) is 11.3 Å². The van der Waals surface area contributed by atoms with Crippen molar-refractivity contribution in [3.05, 3.63) is 59.6 Å². The number of amides is 1. The van der Waals surface area contributed by atoms with Gasteiger partial charge in [0.2, 0.25) is 0 Å². The van der Waals surface area contributed by atoms with Crippen molar-refractivity contribution in [3.63, 3.8) is 0 Å². The number of carbonyl (C=O) groups is 1. The van der Waals surface area contributed by atoms with E-state index < -0.39 is 0 Å². The first-order valence-corrected chi connectivity index (χ1v) is 10.1. The highest BCUT2D eigenvalue weighted by atomic mass is 35.5. The third-order valence-electron chi connectivity index (χ3n) is 4.62. The van der Waals surface area contributed by atoms with E-state index in [2.05, 4.69) is 20.5 Å². The molecule has 0 spiro atoms. The molecule has 160 valence electrons. The maximum absolute atomic E-state index is 13.0. The van der Waals surface area contributed by atoms with Crippen LogP contribution in [0.25, 0.3) is 16.9 Å². The second-order valence-electron chi connectivity index (χ2n) is 6.60. The molecule has 4 aromatic rings. The van der Waals surface area contributed by atoms with Crippen molar-refractivity contribution < 1.29 is 14.3 Å². The van der Waals surface area contributed by atoms with Crippen molar-refractivity contribution in [3.8, 4) is 17.0 Å². The summed E-state index contributed by atoms with van der Waals surface area (Å²) < 4.78 is 14.2. The monoisotopic (exact) mass is 440 g/mol. The number of ether oxygens (including phenoxy) is 2. The smallest absolute Gasteiger partial charge is 0.261 e. The summed E-state index contributed by atoms with van der Waals surface area (Å²) in [5.74, 6) is 0.243. The molecule has 1 amide bonds. The topological polar surface area (TPSA) is 95.6 Å². The molecule has 0 aliphatic rings. The summed E-state index contributed by atoms with van der Waals surface area (Å²) in [5, 5.41) is 12.3. The summed E-state index contributed by atoms with van der Waals surface area (Å²) in [5.41, 5.74) is 2.53. The van der Waals surface area contributed by atoms with E-state index in [0.29, 0.717) is 58.7 Å². The fourth-order valence-corrected chi connectivity index (χ4v) is 3.34. The van der Waals surface area contributed by atoms with Gasteiger partial charge in [-0.05, 0) is 31.2 Å². The molecule has 0 saturated heterocycles. The Morgan fingerprint density at radius 2 is 2.19 bits per heavy atom. The third kappa shape index (κ3) is 4.37. The van der Waals surface area contributed by atoms with Crippen LogP contribution in [0.4, 0.5) is 5.69 Å². The van der Waals surface area contributed by atoms with Crippen LogP contribution in [-0.4, -0.2) is 50.6 Å². The fourth-order valence-electron chi connectivity index (χ4n) is 3.17. The number of halogens is 1. The minimum absolute atomic E-state index is 0.347. The summed E-state index contributed by atoms with van der Waals surface area (Å²) >= 11 is 6.22. The average Bonchev–Trinajstić information content (AvgIpc) is 3.38. The lowest BCUT2D eigenvalue weighted by atomic mass is 10.1. The Balaban J connectivity index is 1.72. The SMILES string of the molecule is CCOCCn1cc(NC(=O)c2cnn3cccnc23)c(-c2cc(Cl)ccc2OC)n1. The molecule has 0 fully saturated rings. The van der Waals surface area contributed by atoms with Crippen LogP contribution < -0.4 is 10.1 Å². The molecule has 3 heterocycles. The molecular weight excluding hydrogens is 420 g/mol. The number of hydrogen-bond donors (Lipinski definition) is 1. The van der Waals surface area contributed by atoms with Crippen LogP contribution in [0.5, 0.6) is 5.75 Å². The zero-order chi connectivity index (χ0) is 21.8. The predicted molar refractivity (Wildman–Crippen MR) is 117 cm³/mol. The highest BCUT2D eigenvalue weighted by molar-refractivity contribution is 6.31. The molecule has 1 aromatic carbocycles. The predicted octanol–water partition coefficient (Wildman–Crippen LogP) is 3.54. The zero-order valence-corrected chi connectivity index (χ0v) is 17.8. The number of hydrogen-bond acceptors (Lipinski definition) is 6. The molecule has 0 aliphatic carbocycles. The molecule has 31 heavy (non-hydrogen) atoms. The zero-order valence-electron chi connectivity index (χ0n) is 17.1. The summed E-state index contributed by atoms with van der Waals surface area (Å²) in [6.07, 6.45) is 6.58. The van der Waals surface area contributed by atoms with Gasteiger partial charge >= 0.3 is 0 Å². The van der Waals surface area contributed by atoms with Gasteiger partial charge in [0.15, 0.2) is 5.65 Å². The van der Waals surface area contributed by atoms with Gasteiger partial charge in [-0.15, -0.1) is 0 Å². The number of anilines is 1. The number of fused-ring (bicyclic) bond motifs is 1. The normalized spacial score (nSPS) is 11.1. The average molecular weight is 441 g/mol. The molecular formula is C21H21ClN6O3. The minimum atomic E-state index is -0.347. The molecule has 9 nitrogen and oxygen atoms in total. The highest BCUT2D eigenvalue weighted by Gasteiger charge is 2.20. The van der Waals surface area contributed by atoms with E-state index in [0.717, 1.165) is 0 Å². The molecule has 0 saturated carbocycles. The minimum Gasteiger partial charge on any atom is -0.496 e. The molecule has 4 rings (SSSR count). The number of nitrogens with zero attached hydrogens (tertiary/aromatic N) is 5. The van der Waals surface area contributed by atoms with Crippen molar-refractivity contribution in [2.75, 3.05) is 25.6 Å². The maximum Gasteiger partial charge on any atom is 0.261 e. The Morgan fingerprint density at radius 1 is 1.32 bits per heavy atom. The standard InChI is InChI=1S/C21H21ClN6O3/c1-3-31-10-9-27-13-17(19(26-27)15-11-14(22)5-6-18(15)30-2)25-21(29)16-12-24-28-8-4-7-23-20(16)28/h4-8,11-13H,3,9-10H2,1-2H3,(H,25,29). The van der Waals surface area contributed by atoms with E-state index in [9.17, 15) is 4.79 Å². The van der Waals surface area contributed by atoms with Crippen molar-refractivity contribution in [1.29, 1.82) is 0 Å². The van der Waals surface area contributed by atoms with Gasteiger partial charge in [-0.3, -0.25) is 9.48 Å². The lowest BCUT2D eigenvalue weighted by Crippen LogP contribution is -2.12. The third-order valence-corrected chi connectivity index (χ3v) is 4.85. The van der Waals surface area contributed by atoms with Crippen molar-refractivity contribution in [2.24, 2.45) is 0 Å². The summed E-state index contributed by atoms with van der Waals surface area (Å²) in [6.45, 7) is 3.57. The number of aromatic nitrogens is 5. The molecule has 1 N–H and O–H groups in total. The van der Waals surface area contributed by atoms with Gasteiger partial charge in [0.1, 0.15) is 17.0 Å². The van der Waals surface area contributed by atoms with E-state index in [4.69, 9.17) is 21.1 Å². The number of nitrogens with one attached hydrogen (secondary N) is 1. The molecule has 0 atom stereocenters. The first-order valence-electron chi connectivity index (χ1n) is 9.69. The Bertz CT molecular complexity index is 1220. The van der Waals surface area contributed by atoms with Crippen molar-refractivity contribution in [2.45, 2.75) is 13.5 Å². The van der Waals surface area contributed by atoms with Gasteiger partial charge in [-0.25, -0.2) is 9.50 Å². The lowest BCUT2D eigenvalue weighted by Gasteiger charge is -2.09. The molecule has 0 radical (unpaired) electrons. The van der Waals surface area contributed by atoms with Gasteiger partial charge in [0, 0.05) is 35.8 Å². The Morgan fingerprint density at radius 3 is 3.00 bits per heavy atom. The van der Waals surface area contributed by atoms with Gasteiger partial charge < -0.3 is 14.8 Å². The Hall–Kier alpha value is -3.43. The van der Waals surface area contributed by atoms with E-state index >= 15 is 0 Å². The van der Waals surface area contributed by atoms with Crippen molar-refractivity contribution in [1.82, 2.24) is 24.4 Å². The largest absolute Gasteiger partial charge is 0.496 e. The van der Waals surface area contributed by atoms with Crippen LogP contribution in [0.1, 0.15) is 17.3 Å². The summed E-state index contributed by atoms with van der Waals surface area (Å²) in [6, 6.07) is 6.99. The van der Waals surface area contributed by atoms with Crippen LogP contribution in [0.2, 0.25) is 5.02 Å². The first-order chi connectivity index (χ1) is 15.1. The Labute approximate surface area is 183 Å². The second kappa shape index (κ2) is 9.15. The molecule has 0 aliphatic heterocycles. The van der Waals surface area contributed by atoms with Crippen LogP contribution >= 0.6 is 11.6 Å².